The number of anilines is 2. The Morgan fingerprint density at radius 3 is 2.81 bits per heavy atom. The molecule has 128 valence electrons. The lowest BCUT2D eigenvalue weighted by atomic mass is 9.96. The number of rotatable bonds is 2. The third-order valence-corrected chi connectivity index (χ3v) is 5.65. The van der Waals surface area contributed by atoms with E-state index in [2.05, 4.69) is 47.0 Å². The number of hydrogen-bond acceptors (Lipinski definition) is 7. The molecule has 0 bridgehead atoms. The molecule has 1 atom stereocenters. The normalized spacial score (nSPS) is 15.2. The third-order valence-electron chi connectivity index (χ3n) is 4.20. The lowest BCUT2D eigenvalue weighted by molar-refractivity contribution is 0.574. The number of nitrogens with one attached hydrogen (secondary N) is 2. The summed E-state index contributed by atoms with van der Waals surface area (Å²) in [6.07, 6.45) is 0. The van der Waals surface area contributed by atoms with Crippen LogP contribution in [0.5, 0.6) is 0 Å². The summed E-state index contributed by atoms with van der Waals surface area (Å²) in [5.41, 5.74) is 2.42. The molecule has 0 saturated heterocycles. The van der Waals surface area contributed by atoms with Gasteiger partial charge in [-0.1, -0.05) is 39.2 Å². The molecule has 1 aliphatic rings. The van der Waals surface area contributed by atoms with Gasteiger partial charge in [0.25, 0.3) is 5.56 Å². The van der Waals surface area contributed by atoms with Crippen LogP contribution in [-0.4, -0.2) is 30.4 Å². The molecule has 5 rings (SSSR count). The molecule has 0 radical (unpaired) electrons. The highest BCUT2D eigenvalue weighted by Gasteiger charge is 2.34. The summed E-state index contributed by atoms with van der Waals surface area (Å²) in [6, 6.07) is 11.4. The molecule has 0 unspecified atom stereocenters. The maximum absolute atomic E-state index is 12.5. The number of tetrazole rings is 1. The van der Waals surface area contributed by atoms with Gasteiger partial charge in [-0.25, -0.2) is 5.10 Å². The number of aromatic amines is 1. The largest absolute Gasteiger partial charge is 0.318 e. The number of thiophene rings is 1. The molecule has 0 spiro atoms. The first kappa shape index (κ1) is 15.4. The molecule has 10 heteroatoms. The van der Waals surface area contributed by atoms with Crippen LogP contribution in [0, 0.1) is 0 Å². The zero-order chi connectivity index (χ0) is 17.7. The second kappa shape index (κ2) is 5.85. The Bertz CT molecular complexity index is 1150. The van der Waals surface area contributed by atoms with E-state index in [1.54, 1.807) is 16.0 Å². The van der Waals surface area contributed by atoms with E-state index >= 15 is 0 Å². The Morgan fingerprint density at radius 2 is 2.04 bits per heavy atom. The Morgan fingerprint density at radius 1 is 1.19 bits per heavy atom. The molecule has 1 aromatic carbocycles. The highest BCUT2D eigenvalue weighted by molar-refractivity contribution is 9.10. The Balaban J connectivity index is 1.82. The van der Waals surface area contributed by atoms with E-state index in [4.69, 9.17) is 0 Å². The molecular formula is C16H10BrN7OS. The van der Waals surface area contributed by atoms with Crippen LogP contribution in [-0.2, 0) is 0 Å². The van der Waals surface area contributed by atoms with Gasteiger partial charge in [-0.15, -0.1) is 11.3 Å². The first-order valence-electron chi connectivity index (χ1n) is 7.69. The van der Waals surface area contributed by atoms with Gasteiger partial charge in [0.1, 0.15) is 11.7 Å². The molecule has 4 heterocycles. The monoisotopic (exact) mass is 427 g/mol. The molecular weight excluding hydrogens is 418 g/mol. The van der Waals surface area contributed by atoms with Gasteiger partial charge in [-0.05, 0) is 34.0 Å². The van der Waals surface area contributed by atoms with Crippen molar-refractivity contribution in [2.24, 2.45) is 0 Å². The van der Waals surface area contributed by atoms with Crippen LogP contribution in [0.2, 0.25) is 0 Å². The van der Waals surface area contributed by atoms with Gasteiger partial charge in [-0.3, -0.25) is 4.79 Å². The molecule has 2 N–H and O–H groups in total. The minimum absolute atomic E-state index is 0.309. The van der Waals surface area contributed by atoms with Crippen LogP contribution in [0.4, 0.5) is 11.6 Å². The molecule has 0 amide bonds. The number of fused-ring (bicyclic) bond motifs is 2. The van der Waals surface area contributed by atoms with Crippen LogP contribution in [0.25, 0.3) is 11.3 Å². The summed E-state index contributed by atoms with van der Waals surface area (Å²) < 4.78 is 2.65. The van der Waals surface area contributed by atoms with Gasteiger partial charge in [0.05, 0.1) is 5.69 Å². The summed E-state index contributed by atoms with van der Waals surface area (Å²) in [7, 11) is 0. The fourth-order valence-electron chi connectivity index (χ4n) is 3.08. The van der Waals surface area contributed by atoms with Crippen molar-refractivity contribution in [1.29, 1.82) is 0 Å². The smallest absolute Gasteiger partial charge is 0.288 e. The molecule has 26 heavy (non-hydrogen) atoms. The van der Waals surface area contributed by atoms with Crippen molar-refractivity contribution in [2.45, 2.75) is 6.04 Å². The molecule has 4 aromatic rings. The molecule has 3 aromatic heterocycles. The van der Waals surface area contributed by atoms with E-state index < -0.39 is 0 Å². The second-order valence-electron chi connectivity index (χ2n) is 5.69. The zero-order valence-electron chi connectivity index (χ0n) is 13.0. The van der Waals surface area contributed by atoms with E-state index in [0.717, 1.165) is 20.5 Å². The minimum atomic E-state index is -0.329. The van der Waals surface area contributed by atoms with Crippen molar-refractivity contribution in [2.75, 3.05) is 5.32 Å². The van der Waals surface area contributed by atoms with Crippen molar-refractivity contribution >= 4 is 38.9 Å². The maximum atomic E-state index is 12.5. The first-order chi connectivity index (χ1) is 12.7. The van der Waals surface area contributed by atoms with Crippen LogP contribution < -0.4 is 10.9 Å². The van der Waals surface area contributed by atoms with Gasteiger partial charge >= 0.3 is 0 Å². The predicted molar refractivity (Wildman–Crippen MR) is 101 cm³/mol. The maximum Gasteiger partial charge on any atom is 0.288 e. The lowest BCUT2D eigenvalue weighted by Crippen LogP contribution is -2.28. The second-order valence-corrected chi connectivity index (χ2v) is 7.58. The van der Waals surface area contributed by atoms with Gasteiger partial charge in [0.2, 0.25) is 5.95 Å². The van der Waals surface area contributed by atoms with E-state index in [1.807, 2.05) is 41.8 Å². The van der Waals surface area contributed by atoms with Gasteiger partial charge in [-0.2, -0.15) is 9.78 Å². The number of H-pyrrole nitrogens is 1. The van der Waals surface area contributed by atoms with Gasteiger partial charge in [0, 0.05) is 20.5 Å². The third kappa shape index (κ3) is 2.30. The number of nitrogens with zero attached hydrogens (tertiary/aromatic N) is 5. The molecule has 0 saturated carbocycles. The Kier molecular flexibility index (Phi) is 3.47. The molecule has 0 fully saturated rings. The SMILES string of the molecule is O=c1[nH]nc(-c2ccc(Br)cc2)c2c1Nc1nnnn1[C@@H]2c1cccs1. The van der Waals surface area contributed by atoms with Gasteiger partial charge < -0.3 is 5.32 Å². The van der Waals surface area contributed by atoms with Crippen LogP contribution in [0.15, 0.2) is 51.0 Å². The van der Waals surface area contributed by atoms with E-state index in [0.29, 0.717) is 17.3 Å². The van der Waals surface area contributed by atoms with Crippen molar-refractivity contribution in [3.05, 3.63) is 67.0 Å². The Hall–Kier alpha value is -2.85. The van der Waals surface area contributed by atoms with Gasteiger partial charge in [0.15, 0.2) is 0 Å². The van der Waals surface area contributed by atoms with Crippen LogP contribution in [0.1, 0.15) is 16.5 Å². The van der Waals surface area contributed by atoms with Crippen molar-refractivity contribution < 1.29 is 0 Å². The number of aromatic nitrogens is 6. The number of halogens is 1. The molecule has 8 nitrogen and oxygen atoms in total. The van der Waals surface area contributed by atoms with Crippen LogP contribution in [0.3, 0.4) is 0 Å². The lowest BCUT2D eigenvalue weighted by Gasteiger charge is -2.26. The van der Waals surface area contributed by atoms with E-state index in [1.165, 1.54) is 0 Å². The average molecular weight is 428 g/mol. The molecule has 0 aliphatic carbocycles. The average Bonchev–Trinajstić information content (AvgIpc) is 3.33. The Labute approximate surface area is 159 Å². The summed E-state index contributed by atoms with van der Waals surface area (Å²) in [5.74, 6) is 0.425. The molecule has 1 aliphatic heterocycles. The highest BCUT2D eigenvalue weighted by atomic mass is 79.9. The van der Waals surface area contributed by atoms with Crippen molar-refractivity contribution in [3.63, 3.8) is 0 Å². The van der Waals surface area contributed by atoms with E-state index in [9.17, 15) is 4.79 Å². The summed E-state index contributed by atoms with van der Waals surface area (Å²) in [6.45, 7) is 0. The quantitative estimate of drug-likeness (QED) is 0.449. The number of hydrogen-bond donors (Lipinski definition) is 2. The highest BCUT2D eigenvalue weighted by Crippen LogP contribution is 2.42. The summed E-state index contributed by atoms with van der Waals surface area (Å²) in [5, 5.41) is 23.8. The van der Waals surface area contributed by atoms with Crippen molar-refractivity contribution in [1.82, 2.24) is 30.4 Å². The summed E-state index contributed by atoms with van der Waals surface area (Å²) in [4.78, 5) is 13.5. The summed E-state index contributed by atoms with van der Waals surface area (Å²) >= 11 is 5.03. The number of benzene rings is 1. The topological polar surface area (TPSA) is 101 Å². The van der Waals surface area contributed by atoms with Crippen LogP contribution >= 0.6 is 27.3 Å². The van der Waals surface area contributed by atoms with E-state index in [-0.39, 0.29) is 11.6 Å². The van der Waals surface area contributed by atoms with Crippen molar-refractivity contribution in [3.8, 4) is 11.3 Å². The first-order valence-corrected chi connectivity index (χ1v) is 9.36. The standard InChI is InChI=1S/C16H10BrN7OS/c17-9-5-3-8(4-6-9)12-11-13(15(25)20-19-12)18-16-21-22-23-24(16)14(11)10-2-1-7-26-10/h1-7,14H,(H,20,25)(H,18,21,23)/t14-/m1/s1. The minimum Gasteiger partial charge on any atom is -0.318 e. The zero-order valence-corrected chi connectivity index (χ0v) is 15.5. The fourth-order valence-corrected chi connectivity index (χ4v) is 4.16. The fraction of sp³-hybridized carbons (Fsp3) is 0.0625. The predicted octanol–water partition coefficient (Wildman–Crippen LogP) is 2.94.